The standard InChI is InChI=1S/C18H23N5O/c24-18(14-3-1-2-4-14)23-10-5-13(12-23)11-15-16(20-7-6-19-15)17-21-8-9-22-17/h6-9,13-14H,1-5,10-12H2,(H,21,22)/t13-/m1/s1. The number of nitrogens with zero attached hydrogens (tertiary/aromatic N) is 4. The Hall–Kier alpha value is -2.24. The number of nitrogens with one attached hydrogen (secondary N) is 1. The van der Waals surface area contributed by atoms with E-state index in [2.05, 4.69) is 24.8 Å². The largest absolute Gasteiger partial charge is 0.343 e. The fraction of sp³-hybridized carbons (Fsp3) is 0.556. The Balaban J connectivity index is 1.43. The summed E-state index contributed by atoms with van der Waals surface area (Å²) in [5.74, 6) is 1.87. The predicted octanol–water partition coefficient (Wildman–Crippen LogP) is 2.45. The molecule has 3 heterocycles. The molecule has 1 saturated carbocycles. The van der Waals surface area contributed by atoms with Crippen molar-refractivity contribution in [2.24, 2.45) is 11.8 Å². The molecule has 0 bridgehead atoms. The van der Waals surface area contributed by atoms with Gasteiger partial charge in [-0.2, -0.15) is 0 Å². The fourth-order valence-corrected chi connectivity index (χ4v) is 4.01. The first-order chi connectivity index (χ1) is 11.8. The molecule has 0 spiro atoms. The van der Waals surface area contributed by atoms with Crippen molar-refractivity contribution in [2.75, 3.05) is 13.1 Å². The summed E-state index contributed by atoms with van der Waals surface area (Å²) in [7, 11) is 0. The lowest BCUT2D eigenvalue weighted by Crippen LogP contribution is -2.33. The topological polar surface area (TPSA) is 74.8 Å². The van der Waals surface area contributed by atoms with E-state index in [4.69, 9.17) is 0 Å². The molecule has 1 aliphatic heterocycles. The quantitative estimate of drug-likeness (QED) is 0.937. The van der Waals surface area contributed by atoms with Crippen LogP contribution in [-0.4, -0.2) is 43.8 Å². The number of likely N-dealkylation sites (tertiary alicyclic amines) is 1. The van der Waals surface area contributed by atoms with Crippen LogP contribution in [0.15, 0.2) is 24.8 Å². The second-order valence-electron chi connectivity index (χ2n) is 6.91. The third-order valence-corrected chi connectivity index (χ3v) is 5.28. The number of aromatic nitrogens is 4. The first-order valence-corrected chi connectivity index (χ1v) is 8.89. The van der Waals surface area contributed by atoms with Crippen LogP contribution in [0.5, 0.6) is 0 Å². The van der Waals surface area contributed by atoms with Crippen molar-refractivity contribution in [3.05, 3.63) is 30.5 Å². The normalized spacial score (nSPS) is 21.5. The number of carbonyl (C=O) groups is 1. The Morgan fingerprint density at radius 2 is 1.96 bits per heavy atom. The molecule has 6 heteroatoms. The van der Waals surface area contributed by atoms with Gasteiger partial charge in [0.05, 0.1) is 5.69 Å². The molecule has 126 valence electrons. The van der Waals surface area contributed by atoms with Crippen LogP contribution in [0.25, 0.3) is 11.5 Å². The van der Waals surface area contributed by atoms with Crippen molar-refractivity contribution >= 4 is 5.91 Å². The summed E-state index contributed by atoms with van der Waals surface area (Å²) in [6.45, 7) is 1.74. The van der Waals surface area contributed by atoms with E-state index in [1.807, 2.05) is 0 Å². The second kappa shape index (κ2) is 6.71. The summed E-state index contributed by atoms with van der Waals surface area (Å²) < 4.78 is 0. The monoisotopic (exact) mass is 325 g/mol. The van der Waals surface area contributed by atoms with Gasteiger partial charge in [0.25, 0.3) is 0 Å². The average Bonchev–Trinajstić information content (AvgIpc) is 3.36. The van der Waals surface area contributed by atoms with E-state index >= 15 is 0 Å². The van der Waals surface area contributed by atoms with E-state index in [1.165, 1.54) is 12.8 Å². The number of imidazole rings is 1. The summed E-state index contributed by atoms with van der Waals surface area (Å²) in [5, 5.41) is 0. The summed E-state index contributed by atoms with van der Waals surface area (Å²) in [4.78, 5) is 31.0. The molecule has 0 unspecified atom stereocenters. The van der Waals surface area contributed by atoms with Crippen molar-refractivity contribution in [3.8, 4) is 11.5 Å². The average molecular weight is 325 g/mol. The number of H-pyrrole nitrogens is 1. The smallest absolute Gasteiger partial charge is 0.225 e. The Bertz CT molecular complexity index is 693. The minimum absolute atomic E-state index is 0.277. The number of rotatable bonds is 4. The molecule has 1 N–H and O–H groups in total. The minimum atomic E-state index is 0.277. The van der Waals surface area contributed by atoms with E-state index in [0.717, 1.165) is 56.0 Å². The molecule has 6 nitrogen and oxygen atoms in total. The molecule has 1 atom stereocenters. The zero-order valence-electron chi connectivity index (χ0n) is 13.8. The first kappa shape index (κ1) is 15.3. The van der Waals surface area contributed by atoms with E-state index in [1.54, 1.807) is 24.8 Å². The third-order valence-electron chi connectivity index (χ3n) is 5.28. The third kappa shape index (κ3) is 3.05. The van der Waals surface area contributed by atoms with Crippen molar-refractivity contribution < 1.29 is 4.79 Å². The van der Waals surface area contributed by atoms with Gasteiger partial charge in [-0.15, -0.1) is 0 Å². The lowest BCUT2D eigenvalue weighted by molar-refractivity contribution is -0.134. The highest BCUT2D eigenvalue weighted by atomic mass is 16.2. The van der Waals surface area contributed by atoms with Gasteiger partial charge < -0.3 is 9.88 Å². The summed E-state index contributed by atoms with van der Waals surface area (Å²) in [6.07, 6.45) is 13.4. The maximum Gasteiger partial charge on any atom is 0.225 e. The van der Waals surface area contributed by atoms with Crippen LogP contribution in [0, 0.1) is 11.8 Å². The number of aromatic amines is 1. The fourth-order valence-electron chi connectivity index (χ4n) is 4.01. The van der Waals surface area contributed by atoms with Gasteiger partial charge in [-0.3, -0.25) is 9.78 Å². The van der Waals surface area contributed by atoms with Gasteiger partial charge in [0.1, 0.15) is 5.69 Å². The molecule has 1 amide bonds. The molecule has 4 rings (SSSR count). The van der Waals surface area contributed by atoms with Crippen LogP contribution in [0.1, 0.15) is 37.8 Å². The molecule has 0 aromatic carbocycles. The molecule has 2 fully saturated rings. The molecule has 0 radical (unpaired) electrons. The first-order valence-electron chi connectivity index (χ1n) is 8.89. The van der Waals surface area contributed by atoms with Crippen LogP contribution in [0.2, 0.25) is 0 Å². The van der Waals surface area contributed by atoms with Gasteiger partial charge in [0.15, 0.2) is 5.82 Å². The van der Waals surface area contributed by atoms with Gasteiger partial charge in [0, 0.05) is 43.8 Å². The lowest BCUT2D eigenvalue weighted by atomic mass is 10.0. The maximum atomic E-state index is 12.6. The molecule has 2 aliphatic rings. The molecule has 24 heavy (non-hydrogen) atoms. The van der Waals surface area contributed by atoms with Crippen LogP contribution in [-0.2, 0) is 11.2 Å². The maximum absolute atomic E-state index is 12.6. The summed E-state index contributed by atoms with van der Waals surface area (Å²) in [6, 6.07) is 0. The van der Waals surface area contributed by atoms with Crippen molar-refractivity contribution in [1.82, 2.24) is 24.8 Å². The van der Waals surface area contributed by atoms with Crippen LogP contribution < -0.4 is 0 Å². The number of amides is 1. The van der Waals surface area contributed by atoms with Gasteiger partial charge in [-0.25, -0.2) is 9.97 Å². The van der Waals surface area contributed by atoms with E-state index in [-0.39, 0.29) is 5.92 Å². The van der Waals surface area contributed by atoms with Gasteiger partial charge >= 0.3 is 0 Å². The van der Waals surface area contributed by atoms with Crippen molar-refractivity contribution in [3.63, 3.8) is 0 Å². The van der Waals surface area contributed by atoms with E-state index < -0.39 is 0 Å². The lowest BCUT2D eigenvalue weighted by Gasteiger charge is -2.20. The minimum Gasteiger partial charge on any atom is -0.343 e. The summed E-state index contributed by atoms with van der Waals surface area (Å²) in [5.41, 5.74) is 1.79. The highest BCUT2D eigenvalue weighted by Gasteiger charge is 2.32. The van der Waals surface area contributed by atoms with Gasteiger partial charge in [-0.05, 0) is 31.6 Å². The van der Waals surface area contributed by atoms with Gasteiger partial charge in [0.2, 0.25) is 5.91 Å². The Morgan fingerprint density at radius 3 is 2.75 bits per heavy atom. The van der Waals surface area contributed by atoms with Crippen LogP contribution >= 0.6 is 0 Å². The van der Waals surface area contributed by atoms with E-state index in [0.29, 0.717) is 11.8 Å². The Morgan fingerprint density at radius 1 is 1.12 bits per heavy atom. The predicted molar refractivity (Wildman–Crippen MR) is 90.0 cm³/mol. The SMILES string of the molecule is O=C(C1CCCC1)N1CC[C@H](Cc2nccnc2-c2ncc[nH]2)C1. The highest BCUT2D eigenvalue weighted by Crippen LogP contribution is 2.30. The number of carbonyl (C=O) groups excluding carboxylic acids is 1. The van der Waals surface area contributed by atoms with Crippen molar-refractivity contribution in [2.45, 2.75) is 38.5 Å². The second-order valence-corrected chi connectivity index (χ2v) is 6.91. The van der Waals surface area contributed by atoms with Crippen LogP contribution in [0.3, 0.4) is 0 Å². The van der Waals surface area contributed by atoms with Gasteiger partial charge in [-0.1, -0.05) is 12.8 Å². The van der Waals surface area contributed by atoms with E-state index in [9.17, 15) is 4.79 Å². The van der Waals surface area contributed by atoms with Crippen LogP contribution in [0.4, 0.5) is 0 Å². The highest BCUT2D eigenvalue weighted by molar-refractivity contribution is 5.79. The zero-order chi connectivity index (χ0) is 16.4. The summed E-state index contributed by atoms with van der Waals surface area (Å²) >= 11 is 0. The van der Waals surface area contributed by atoms with Crippen molar-refractivity contribution in [1.29, 1.82) is 0 Å². The molecule has 1 saturated heterocycles. The molecule has 2 aromatic heterocycles. The molecule has 2 aromatic rings. The number of hydrogen-bond donors (Lipinski definition) is 1. The molecular formula is C18H23N5O. The Kier molecular flexibility index (Phi) is 4.28. The molecule has 1 aliphatic carbocycles. The zero-order valence-corrected chi connectivity index (χ0v) is 13.8. The Labute approximate surface area is 141 Å². The number of hydrogen-bond acceptors (Lipinski definition) is 4. The molecular weight excluding hydrogens is 302 g/mol.